The van der Waals surface area contributed by atoms with E-state index >= 15 is 4.39 Å². The molecule has 2 unspecified atom stereocenters. The smallest absolute Gasteiger partial charge is 0.226 e. The molecule has 0 spiro atoms. The molecule has 6 rings (SSSR count). The summed E-state index contributed by atoms with van der Waals surface area (Å²) in [6.45, 7) is 3.99. The van der Waals surface area contributed by atoms with Gasteiger partial charge in [0.15, 0.2) is 5.82 Å². The third kappa shape index (κ3) is 4.04. The number of carbonyl (C=O) groups is 1. The number of carbonyl (C=O) groups excluding carboxylic acids is 1. The van der Waals surface area contributed by atoms with Gasteiger partial charge in [0, 0.05) is 51.7 Å². The topological polar surface area (TPSA) is 72.8 Å². The number of fused-ring (bicyclic) bond motifs is 3. The Hall–Kier alpha value is -3.14. The number of hydrogen-bond acceptors (Lipinski definition) is 3. The lowest BCUT2D eigenvalue weighted by Crippen LogP contribution is -2.36. The van der Waals surface area contributed by atoms with Gasteiger partial charge in [0.2, 0.25) is 5.91 Å². The predicted octanol–water partition coefficient (Wildman–Crippen LogP) is 8.06. The van der Waals surface area contributed by atoms with Crippen LogP contribution in [0.5, 0.6) is 0 Å². The first-order chi connectivity index (χ1) is 18.3. The zero-order valence-corrected chi connectivity index (χ0v) is 22.8. The van der Waals surface area contributed by atoms with Crippen LogP contribution in [0.2, 0.25) is 10.0 Å². The Morgan fingerprint density at radius 3 is 2.74 bits per heavy atom. The first-order valence-corrected chi connectivity index (χ1v) is 13.8. The van der Waals surface area contributed by atoms with Crippen molar-refractivity contribution in [2.45, 2.75) is 64.5 Å². The summed E-state index contributed by atoms with van der Waals surface area (Å²) in [7, 11) is 0. The third-order valence-corrected chi connectivity index (χ3v) is 8.85. The lowest BCUT2D eigenvalue weighted by Gasteiger charge is -2.28. The molecular weight excluding hydrogens is 522 g/mol. The van der Waals surface area contributed by atoms with Crippen LogP contribution >= 0.6 is 23.2 Å². The SMILES string of the molecule is Cc1nc2c(F)c(-c3cccc(Cl)c3Cl)c(CCC#N)cc2c2[nH]c(C3CCC(C)N3C(=O)C3CC3)cc12. The molecule has 2 fully saturated rings. The van der Waals surface area contributed by atoms with Crippen LogP contribution in [-0.2, 0) is 11.2 Å². The van der Waals surface area contributed by atoms with Gasteiger partial charge in [0.05, 0.1) is 27.7 Å². The fraction of sp³-hybridized carbons (Fsp3) is 0.367. The number of H-pyrrole nitrogens is 1. The first kappa shape index (κ1) is 25.2. The molecule has 1 N–H and O–H groups in total. The molecule has 1 aliphatic carbocycles. The second-order valence-corrected chi connectivity index (χ2v) is 11.3. The zero-order chi connectivity index (χ0) is 26.7. The van der Waals surface area contributed by atoms with Crippen molar-refractivity contribution in [1.82, 2.24) is 14.9 Å². The fourth-order valence-corrected chi connectivity index (χ4v) is 6.35. The van der Waals surface area contributed by atoms with Crippen molar-refractivity contribution in [2.24, 2.45) is 5.92 Å². The van der Waals surface area contributed by atoms with Crippen molar-refractivity contribution in [3.05, 3.63) is 63.1 Å². The van der Waals surface area contributed by atoms with Gasteiger partial charge in [0.25, 0.3) is 0 Å². The van der Waals surface area contributed by atoms with E-state index in [9.17, 15) is 10.1 Å². The molecule has 5 nitrogen and oxygen atoms in total. The normalized spacial score (nSPS) is 19.4. The second-order valence-electron chi connectivity index (χ2n) is 10.6. The second kappa shape index (κ2) is 9.55. The minimum atomic E-state index is -0.485. The van der Waals surface area contributed by atoms with Gasteiger partial charge in [-0.3, -0.25) is 4.79 Å². The molecule has 1 amide bonds. The van der Waals surface area contributed by atoms with Crippen molar-refractivity contribution in [2.75, 3.05) is 0 Å². The highest BCUT2D eigenvalue weighted by molar-refractivity contribution is 6.43. The van der Waals surface area contributed by atoms with Gasteiger partial charge in [-0.2, -0.15) is 5.26 Å². The van der Waals surface area contributed by atoms with E-state index in [1.54, 1.807) is 18.2 Å². The van der Waals surface area contributed by atoms with Crippen molar-refractivity contribution >= 4 is 50.9 Å². The fourth-order valence-electron chi connectivity index (χ4n) is 5.95. The molecule has 38 heavy (non-hydrogen) atoms. The van der Waals surface area contributed by atoms with E-state index in [0.29, 0.717) is 39.2 Å². The number of aromatic amines is 1. The summed E-state index contributed by atoms with van der Waals surface area (Å²) in [5, 5.41) is 11.4. The standard InChI is InChI=1S/C30H27Cl2FN4O/c1-15-8-11-24(37(15)30(38)17-9-10-17)23-14-20-16(2)35-29-21(28(20)36-23)13-18(5-4-12-34)25(27(29)33)19-6-3-7-22(31)26(19)32/h3,6-7,13-15,17,24,36H,4-5,8-11H2,1-2H3. The molecule has 2 aliphatic rings. The van der Waals surface area contributed by atoms with Crippen molar-refractivity contribution in [3.63, 3.8) is 0 Å². The minimum absolute atomic E-state index is 0.0348. The van der Waals surface area contributed by atoms with Gasteiger partial charge in [-0.15, -0.1) is 0 Å². The average molecular weight is 549 g/mol. The Balaban J connectivity index is 1.55. The van der Waals surface area contributed by atoms with E-state index in [1.165, 1.54) is 0 Å². The predicted molar refractivity (Wildman–Crippen MR) is 149 cm³/mol. The van der Waals surface area contributed by atoms with Crippen LogP contribution in [0.15, 0.2) is 30.3 Å². The number of nitriles is 1. The summed E-state index contributed by atoms with van der Waals surface area (Å²) < 4.78 is 16.4. The maximum absolute atomic E-state index is 16.4. The van der Waals surface area contributed by atoms with Gasteiger partial charge >= 0.3 is 0 Å². The van der Waals surface area contributed by atoms with Gasteiger partial charge in [-0.25, -0.2) is 9.37 Å². The highest BCUT2D eigenvalue weighted by atomic mass is 35.5. The van der Waals surface area contributed by atoms with E-state index in [2.05, 4.69) is 24.0 Å². The number of halogens is 3. The van der Waals surface area contributed by atoms with Crippen LogP contribution < -0.4 is 0 Å². The van der Waals surface area contributed by atoms with Crippen LogP contribution in [0, 0.1) is 30.0 Å². The van der Waals surface area contributed by atoms with E-state index in [-0.39, 0.29) is 40.9 Å². The number of nitrogens with zero attached hydrogens (tertiary/aromatic N) is 3. The third-order valence-electron chi connectivity index (χ3n) is 8.04. The molecule has 2 aromatic heterocycles. The number of amides is 1. The van der Waals surface area contributed by atoms with Gasteiger partial charge in [0.1, 0.15) is 5.52 Å². The number of likely N-dealkylation sites (tertiary alicyclic amines) is 1. The molecule has 2 atom stereocenters. The summed E-state index contributed by atoms with van der Waals surface area (Å²) in [5.74, 6) is -0.0906. The maximum Gasteiger partial charge on any atom is 0.226 e. The molecule has 1 saturated heterocycles. The zero-order valence-electron chi connectivity index (χ0n) is 21.2. The van der Waals surface area contributed by atoms with Crippen LogP contribution in [0.25, 0.3) is 32.9 Å². The molecule has 4 aromatic rings. The quantitative estimate of drug-likeness (QED) is 0.274. The van der Waals surface area contributed by atoms with Crippen LogP contribution in [-0.4, -0.2) is 26.8 Å². The summed E-state index contributed by atoms with van der Waals surface area (Å²) >= 11 is 12.8. The Morgan fingerprint density at radius 1 is 1.21 bits per heavy atom. The summed E-state index contributed by atoms with van der Waals surface area (Å²) in [4.78, 5) is 23.4. The molecule has 2 aromatic carbocycles. The Bertz CT molecular complexity index is 1650. The highest BCUT2D eigenvalue weighted by Gasteiger charge is 2.42. The number of hydrogen-bond donors (Lipinski definition) is 1. The van der Waals surface area contributed by atoms with Crippen LogP contribution in [0.3, 0.4) is 0 Å². The Morgan fingerprint density at radius 2 is 2.00 bits per heavy atom. The lowest BCUT2D eigenvalue weighted by molar-refractivity contribution is -0.135. The van der Waals surface area contributed by atoms with Crippen LogP contribution in [0.4, 0.5) is 4.39 Å². The molecule has 0 bridgehead atoms. The van der Waals surface area contributed by atoms with Crippen molar-refractivity contribution in [3.8, 4) is 17.2 Å². The van der Waals surface area contributed by atoms with E-state index in [1.807, 2.05) is 17.9 Å². The molecule has 194 valence electrons. The van der Waals surface area contributed by atoms with Gasteiger partial charge < -0.3 is 9.88 Å². The maximum atomic E-state index is 16.4. The number of aryl methyl sites for hydroxylation is 2. The number of pyridine rings is 1. The van der Waals surface area contributed by atoms with Crippen molar-refractivity contribution < 1.29 is 9.18 Å². The average Bonchev–Trinajstić information content (AvgIpc) is 3.54. The molecule has 8 heteroatoms. The van der Waals surface area contributed by atoms with E-state index in [4.69, 9.17) is 28.2 Å². The Kier molecular flexibility index (Phi) is 6.32. The van der Waals surface area contributed by atoms with Gasteiger partial charge in [-0.05, 0) is 69.7 Å². The molecule has 3 heterocycles. The molecule has 1 saturated carbocycles. The first-order valence-electron chi connectivity index (χ1n) is 13.1. The van der Waals surface area contributed by atoms with E-state index < -0.39 is 5.82 Å². The largest absolute Gasteiger partial charge is 0.356 e. The number of benzene rings is 2. The molecular formula is C30H27Cl2FN4O. The number of aromatic nitrogens is 2. The summed E-state index contributed by atoms with van der Waals surface area (Å²) in [6.07, 6.45) is 4.36. The number of nitrogens with one attached hydrogen (secondary N) is 1. The Labute approximate surface area is 230 Å². The molecule has 0 radical (unpaired) electrons. The highest BCUT2D eigenvalue weighted by Crippen LogP contribution is 2.44. The van der Waals surface area contributed by atoms with E-state index in [0.717, 1.165) is 42.3 Å². The molecule has 1 aliphatic heterocycles. The lowest BCUT2D eigenvalue weighted by atomic mass is 9.93. The van der Waals surface area contributed by atoms with Crippen LogP contribution in [0.1, 0.15) is 62.0 Å². The summed E-state index contributed by atoms with van der Waals surface area (Å²) in [5.41, 5.74) is 4.16. The summed E-state index contributed by atoms with van der Waals surface area (Å²) in [6, 6.07) is 11.4. The van der Waals surface area contributed by atoms with Crippen molar-refractivity contribution in [1.29, 1.82) is 5.26 Å². The minimum Gasteiger partial charge on any atom is -0.356 e. The van der Waals surface area contributed by atoms with Gasteiger partial charge in [-0.1, -0.05) is 35.3 Å². The number of rotatable bonds is 5. The monoisotopic (exact) mass is 548 g/mol.